The molecule has 0 atom stereocenters. The first kappa shape index (κ1) is 11.9. The van der Waals surface area contributed by atoms with E-state index in [9.17, 15) is 9.59 Å². The number of nitrogens with one attached hydrogen (secondary N) is 2. The summed E-state index contributed by atoms with van der Waals surface area (Å²) in [5.41, 5.74) is -0.564. The van der Waals surface area contributed by atoms with Gasteiger partial charge in [0.2, 0.25) is 0 Å². The molecule has 1 saturated carbocycles. The van der Waals surface area contributed by atoms with Crippen molar-refractivity contribution in [1.29, 1.82) is 0 Å². The van der Waals surface area contributed by atoms with Crippen molar-refractivity contribution in [3.05, 3.63) is 0 Å². The quantitative estimate of drug-likeness (QED) is 0.663. The van der Waals surface area contributed by atoms with E-state index >= 15 is 0 Å². The third-order valence-corrected chi connectivity index (χ3v) is 4.25. The van der Waals surface area contributed by atoms with Crippen molar-refractivity contribution < 1.29 is 9.59 Å². The Hall–Kier alpha value is -1.14. The first-order valence-electron chi connectivity index (χ1n) is 6.78. The molecule has 3 rings (SSSR count). The van der Waals surface area contributed by atoms with E-state index in [0.717, 1.165) is 51.9 Å². The van der Waals surface area contributed by atoms with E-state index in [0.29, 0.717) is 6.67 Å². The molecule has 2 aliphatic heterocycles. The smallest absolute Gasteiger partial charge is 0.323 e. The summed E-state index contributed by atoms with van der Waals surface area (Å²) in [5, 5.41) is 6.18. The number of imide groups is 1. The zero-order valence-corrected chi connectivity index (χ0v) is 10.6. The van der Waals surface area contributed by atoms with E-state index in [1.54, 1.807) is 0 Å². The minimum Gasteiger partial charge on any atom is -0.323 e. The van der Waals surface area contributed by atoms with Gasteiger partial charge in [-0.25, -0.2) is 9.69 Å². The first-order chi connectivity index (χ1) is 8.71. The molecular weight excluding hydrogens is 232 g/mol. The number of hydrogen-bond acceptors (Lipinski definition) is 4. The summed E-state index contributed by atoms with van der Waals surface area (Å²) >= 11 is 0. The van der Waals surface area contributed by atoms with Crippen LogP contribution in [0.15, 0.2) is 0 Å². The maximum atomic E-state index is 12.4. The fraction of sp³-hybridized carbons (Fsp3) is 0.833. The van der Waals surface area contributed by atoms with Crippen LogP contribution in [0.25, 0.3) is 0 Å². The van der Waals surface area contributed by atoms with Gasteiger partial charge < -0.3 is 10.6 Å². The van der Waals surface area contributed by atoms with Crippen molar-refractivity contribution >= 4 is 11.9 Å². The third kappa shape index (κ3) is 1.89. The van der Waals surface area contributed by atoms with Gasteiger partial charge in [0.25, 0.3) is 5.91 Å². The van der Waals surface area contributed by atoms with E-state index in [4.69, 9.17) is 0 Å². The molecule has 2 heterocycles. The highest BCUT2D eigenvalue weighted by Gasteiger charge is 2.52. The Balaban J connectivity index is 1.68. The predicted octanol–water partition coefficient (Wildman–Crippen LogP) is -0.286. The standard InChI is InChI=1S/C12H20N4O2/c17-10-12(3-1-2-4-12)14-11(18)16(10)9-15-7-5-13-6-8-15/h13H,1-9H2,(H,14,18). The Morgan fingerprint density at radius 2 is 1.78 bits per heavy atom. The van der Waals surface area contributed by atoms with Gasteiger partial charge in [0.15, 0.2) is 0 Å². The second-order valence-corrected chi connectivity index (χ2v) is 5.46. The van der Waals surface area contributed by atoms with Crippen LogP contribution in [-0.2, 0) is 4.79 Å². The fourth-order valence-corrected chi connectivity index (χ4v) is 3.17. The normalized spacial score (nSPS) is 28.1. The number of carbonyl (C=O) groups is 2. The van der Waals surface area contributed by atoms with Crippen LogP contribution in [0.2, 0.25) is 0 Å². The lowest BCUT2D eigenvalue weighted by Crippen LogP contribution is -2.50. The number of piperazine rings is 1. The van der Waals surface area contributed by atoms with Crippen LogP contribution in [0.5, 0.6) is 0 Å². The Kier molecular flexibility index (Phi) is 2.99. The molecule has 6 heteroatoms. The summed E-state index contributed by atoms with van der Waals surface area (Å²) in [5.74, 6) is -0.0106. The van der Waals surface area contributed by atoms with Gasteiger partial charge in [0, 0.05) is 26.2 Å². The first-order valence-corrected chi connectivity index (χ1v) is 6.78. The predicted molar refractivity (Wildman–Crippen MR) is 65.9 cm³/mol. The Labute approximate surface area is 107 Å². The molecular formula is C12H20N4O2. The lowest BCUT2D eigenvalue weighted by Gasteiger charge is -2.30. The summed E-state index contributed by atoms with van der Waals surface area (Å²) in [4.78, 5) is 27.9. The van der Waals surface area contributed by atoms with Crippen LogP contribution in [-0.4, -0.2) is 60.1 Å². The summed E-state index contributed by atoms with van der Waals surface area (Å²) in [6, 6.07) is -0.208. The number of hydrogen-bond donors (Lipinski definition) is 2. The SMILES string of the molecule is O=C1NC2(CCCC2)C(=O)N1CN1CCNCC1. The molecule has 2 saturated heterocycles. The largest absolute Gasteiger partial charge is 0.326 e. The average molecular weight is 252 g/mol. The van der Waals surface area contributed by atoms with Crippen LogP contribution >= 0.6 is 0 Å². The second kappa shape index (κ2) is 4.51. The zero-order valence-electron chi connectivity index (χ0n) is 10.6. The molecule has 3 aliphatic rings. The van der Waals surface area contributed by atoms with E-state index in [1.807, 2.05) is 0 Å². The molecule has 0 aromatic carbocycles. The van der Waals surface area contributed by atoms with Gasteiger partial charge in [-0.2, -0.15) is 0 Å². The lowest BCUT2D eigenvalue weighted by molar-refractivity contribution is -0.132. The molecule has 0 bridgehead atoms. The monoisotopic (exact) mass is 252 g/mol. The van der Waals surface area contributed by atoms with Crippen LogP contribution in [0.4, 0.5) is 4.79 Å². The van der Waals surface area contributed by atoms with Gasteiger partial charge in [0.1, 0.15) is 5.54 Å². The fourth-order valence-electron chi connectivity index (χ4n) is 3.17. The topological polar surface area (TPSA) is 64.7 Å². The van der Waals surface area contributed by atoms with Crippen LogP contribution in [0.3, 0.4) is 0 Å². The molecule has 0 aromatic heterocycles. The molecule has 18 heavy (non-hydrogen) atoms. The molecule has 3 amide bonds. The van der Waals surface area contributed by atoms with Gasteiger partial charge in [-0.3, -0.25) is 9.69 Å². The zero-order chi connectivity index (χ0) is 12.6. The highest BCUT2D eigenvalue weighted by molar-refractivity contribution is 6.07. The Morgan fingerprint density at radius 1 is 1.11 bits per heavy atom. The molecule has 100 valence electrons. The van der Waals surface area contributed by atoms with Crippen LogP contribution in [0.1, 0.15) is 25.7 Å². The highest BCUT2D eigenvalue weighted by atomic mass is 16.2. The van der Waals surface area contributed by atoms with Crippen molar-refractivity contribution in [3.63, 3.8) is 0 Å². The van der Waals surface area contributed by atoms with Crippen molar-refractivity contribution in [3.8, 4) is 0 Å². The minimum absolute atomic E-state index is 0.0106. The molecule has 3 fully saturated rings. The Morgan fingerprint density at radius 3 is 2.44 bits per heavy atom. The number of nitrogens with zero attached hydrogens (tertiary/aromatic N) is 2. The third-order valence-electron chi connectivity index (χ3n) is 4.25. The van der Waals surface area contributed by atoms with Gasteiger partial charge in [-0.15, -0.1) is 0 Å². The maximum Gasteiger partial charge on any atom is 0.326 e. The molecule has 0 aromatic rings. The van der Waals surface area contributed by atoms with E-state index in [-0.39, 0.29) is 11.9 Å². The number of rotatable bonds is 2. The van der Waals surface area contributed by atoms with Gasteiger partial charge >= 0.3 is 6.03 Å². The molecule has 0 radical (unpaired) electrons. The number of amides is 3. The van der Waals surface area contributed by atoms with Gasteiger partial charge in [-0.05, 0) is 12.8 Å². The maximum absolute atomic E-state index is 12.4. The van der Waals surface area contributed by atoms with Gasteiger partial charge in [0.05, 0.1) is 6.67 Å². The van der Waals surface area contributed by atoms with Gasteiger partial charge in [-0.1, -0.05) is 12.8 Å². The van der Waals surface area contributed by atoms with Crippen molar-refractivity contribution in [2.24, 2.45) is 0 Å². The molecule has 2 N–H and O–H groups in total. The summed E-state index contributed by atoms with van der Waals surface area (Å²) < 4.78 is 0. The van der Waals surface area contributed by atoms with Crippen molar-refractivity contribution in [2.45, 2.75) is 31.2 Å². The van der Waals surface area contributed by atoms with Crippen LogP contribution in [0, 0.1) is 0 Å². The molecule has 0 unspecified atom stereocenters. The molecule has 1 spiro atoms. The molecule has 6 nitrogen and oxygen atoms in total. The number of urea groups is 1. The van der Waals surface area contributed by atoms with E-state index < -0.39 is 5.54 Å². The summed E-state index contributed by atoms with van der Waals surface area (Å²) in [6.07, 6.45) is 3.67. The lowest BCUT2D eigenvalue weighted by atomic mass is 9.98. The highest BCUT2D eigenvalue weighted by Crippen LogP contribution is 2.34. The van der Waals surface area contributed by atoms with Crippen molar-refractivity contribution in [1.82, 2.24) is 20.4 Å². The van der Waals surface area contributed by atoms with E-state index in [2.05, 4.69) is 15.5 Å². The second-order valence-electron chi connectivity index (χ2n) is 5.46. The van der Waals surface area contributed by atoms with Crippen molar-refractivity contribution in [2.75, 3.05) is 32.8 Å². The average Bonchev–Trinajstić information content (AvgIpc) is 2.93. The summed E-state index contributed by atoms with van der Waals surface area (Å²) in [6.45, 7) is 4.08. The van der Waals surface area contributed by atoms with Crippen LogP contribution < -0.4 is 10.6 Å². The molecule has 1 aliphatic carbocycles. The van der Waals surface area contributed by atoms with E-state index in [1.165, 1.54) is 4.90 Å². The minimum atomic E-state index is -0.564. The summed E-state index contributed by atoms with van der Waals surface area (Å²) in [7, 11) is 0. The number of carbonyl (C=O) groups excluding carboxylic acids is 2. The Bertz CT molecular complexity index is 359.